The number of likely N-dealkylation sites (tertiary alicyclic amines) is 1. The van der Waals surface area contributed by atoms with Gasteiger partial charge in [-0.1, -0.05) is 6.07 Å². The number of carboxylic acids is 1. The maximum Gasteiger partial charge on any atom is 0.309 e. The van der Waals surface area contributed by atoms with Gasteiger partial charge in [0.1, 0.15) is 0 Å². The lowest BCUT2D eigenvalue weighted by molar-refractivity contribution is -0.141. The number of carbonyl (C=O) groups is 2. The minimum atomic E-state index is -0.890. The van der Waals surface area contributed by atoms with Crippen molar-refractivity contribution in [2.75, 3.05) is 13.1 Å². The van der Waals surface area contributed by atoms with Gasteiger partial charge in [-0.2, -0.15) is 5.10 Å². The number of carbonyl (C=O) groups excluding carboxylic acids is 1. The average Bonchev–Trinajstić information content (AvgIpc) is 3.25. The zero-order valence-electron chi connectivity index (χ0n) is 14.8. The van der Waals surface area contributed by atoms with Crippen molar-refractivity contribution in [1.82, 2.24) is 19.7 Å². The maximum atomic E-state index is 13.1. The molecule has 1 saturated heterocycles. The molecule has 1 aliphatic heterocycles. The second-order valence-electron chi connectivity index (χ2n) is 7.12. The Labute approximate surface area is 151 Å². The van der Waals surface area contributed by atoms with Gasteiger partial charge in [0.15, 0.2) is 5.69 Å². The van der Waals surface area contributed by atoms with Crippen molar-refractivity contribution in [2.45, 2.75) is 31.6 Å². The second kappa shape index (κ2) is 6.55. The monoisotopic (exact) mass is 354 g/mol. The van der Waals surface area contributed by atoms with Gasteiger partial charge in [0, 0.05) is 49.2 Å². The predicted molar refractivity (Wildman–Crippen MR) is 93.9 cm³/mol. The standard InChI is InChI=1S/C19H22N4O3/c1-22-16-8-3-2-6-12(16)17(21-22)18(24)23-10-13(14(11-23)19(25)26)15-7-4-5-9-20-15/h4-5,7,9,13-14H,2-3,6,8,10-11H2,1H3,(H,25,26)/t13-,14-/m0/s1. The minimum absolute atomic E-state index is 0.159. The summed E-state index contributed by atoms with van der Waals surface area (Å²) < 4.78 is 1.81. The van der Waals surface area contributed by atoms with E-state index < -0.39 is 11.9 Å². The number of hydrogen-bond donors (Lipinski definition) is 1. The van der Waals surface area contributed by atoms with E-state index in [1.165, 1.54) is 0 Å². The van der Waals surface area contributed by atoms with E-state index in [0.717, 1.165) is 42.6 Å². The van der Waals surface area contributed by atoms with Crippen LogP contribution in [-0.2, 0) is 24.7 Å². The summed E-state index contributed by atoms with van der Waals surface area (Å²) >= 11 is 0. The second-order valence-corrected chi connectivity index (χ2v) is 7.12. The Morgan fingerprint density at radius 3 is 2.73 bits per heavy atom. The fourth-order valence-electron chi connectivity index (χ4n) is 4.21. The molecule has 4 rings (SSSR count). The van der Waals surface area contributed by atoms with E-state index in [2.05, 4.69) is 10.1 Å². The van der Waals surface area contributed by atoms with E-state index in [1.54, 1.807) is 17.2 Å². The normalized spacial score (nSPS) is 22.3. The molecule has 136 valence electrons. The van der Waals surface area contributed by atoms with Crippen LogP contribution >= 0.6 is 0 Å². The number of amides is 1. The molecule has 0 saturated carbocycles. The molecule has 7 heteroatoms. The van der Waals surface area contributed by atoms with Crippen LogP contribution in [0.3, 0.4) is 0 Å². The number of aromatic nitrogens is 3. The third-order valence-electron chi connectivity index (χ3n) is 5.56. The SMILES string of the molecule is Cn1nc(C(=O)N2C[C@H](C(=O)O)[C@@H](c3ccccn3)C2)c2c1CCCC2. The molecule has 0 spiro atoms. The number of aryl methyl sites for hydroxylation is 1. The lowest BCUT2D eigenvalue weighted by Gasteiger charge is -2.17. The molecule has 3 heterocycles. The predicted octanol–water partition coefficient (Wildman–Crippen LogP) is 1.63. The Hall–Kier alpha value is -2.70. The van der Waals surface area contributed by atoms with Gasteiger partial charge in [-0.15, -0.1) is 0 Å². The van der Waals surface area contributed by atoms with Crippen LogP contribution in [0.5, 0.6) is 0 Å². The number of pyridine rings is 1. The highest BCUT2D eigenvalue weighted by atomic mass is 16.4. The van der Waals surface area contributed by atoms with E-state index in [-0.39, 0.29) is 18.4 Å². The van der Waals surface area contributed by atoms with Crippen LogP contribution in [-0.4, -0.2) is 49.7 Å². The van der Waals surface area contributed by atoms with Crippen LogP contribution in [0, 0.1) is 5.92 Å². The number of rotatable bonds is 3. The summed E-state index contributed by atoms with van der Waals surface area (Å²) in [5.41, 5.74) is 3.39. The molecule has 1 amide bonds. The van der Waals surface area contributed by atoms with Gasteiger partial charge in [0.25, 0.3) is 5.91 Å². The van der Waals surface area contributed by atoms with Crippen LogP contribution in [0.25, 0.3) is 0 Å². The van der Waals surface area contributed by atoms with Crippen molar-refractivity contribution in [3.8, 4) is 0 Å². The van der Waals surface area contributed by atoms with Gasteiger partial charge in [0.05, 0.1) is 5.92 Å². The minimum Gasteiger partial charge on any atom is -0.481 e. The van der Waals surface area contributed by atoms with Crippen molar-refractivity contribution in [3.05, 3.63) is 47.0 Å². The number of aliphatic carboxylic acids is 1. The zero-order chi connectivity index (χ0) is 18.3. The molecule has 7 nitrogen and oxygen atoms in total. The molecular formula is C19H22N4O3. The summed E-state index contributed by atoms with van der Waals surface area (Å²) in [5.74, 6) is -1.99. The molecule has 1 fully saturated rings. The van der Waals surface area contributed by atoms with E-state index in [4.69, 9.17) is 0 Å². The fourth-order valence-corrected chi connectivity index (χ4v) is 4.21. The van der Waals surface area contributed by atoms with Gasteiger partial charge in [-0.05, 0) is 37.8 Å². The Kier molecular flexibility index (Phi) is 4.22. The highest BCUT2D eigenvalue weighted by molar-refractivity contribution is 5.95. The van der Waals surface area contributed by atoms with Gasteiger partial charge < -0.3 is 10.0 Å². The fraction of sp³-hybridized carbons (Fsp3) is 0.474. The molecule has 2 aromatic rings. The largest absolute Gasteiger partial charge is 0.481 e. The highest BCUT2D eigenvalue weighted by Gasteiger charge is 2.42. The first-order chi connectivity index (χ1) is 12.6. The van der Waals surface area contributed by atoms with Crippen molar-refractivity contribution in [2.24, 2.45) is 13.0 Å². The summed E-state index contributed by atoms with van der Waals surface area (Å²) in [5, 5.41) is 14.1. The third-order valence-corrected chi connectivity index (χ3v) is 5.56. The van der Waals surface area contributed by atoms with Crippen molar-refractivity contribution >= 4 is 11.9 Å². The molecule has 0 aromatic carbocycles. The van der Waals surface area contributed by atoms with Crippen molar-refractivity contribution in [3.63, 3.8) is 0 Å². The molecule has 0 radical (unpaired) electrons. The molecule has 2 aromatic heterocycles. The maximum absolute atomic E-state index is 13.1. The molecule has 2 aliphatic rings. The Morgan fingerprint density at radius 2 is 2.00 bits per heavy atom. The lowest BCUT2D eigenvalue weighted by atomic mass is 9.93. The van der Waals surface area contributed by atoms with Crippen LogP contribution in [0.4, 0.5) is 0 Å². The first kappa shape index (κ1) is 16.8. The van der Waals surface area contributed by atoms with Gasteiger partial charge in [0.2, 0.25) is 0 Å². The zero-order valence-corrected chi connectivity index (χ0v) is 14.8. The number of carboxylic acid groups (broad SMARTS) is 1. The number of fused-ring (bicyclic) bond motifs is 1. The summed E-state index contributed by atoms with van der Waals surface area (Å²) in [7, 11) is 1.88. The van der Waals surface area contributed by atoms with Crippen LogP contribution < -0.4 is 0 Å². The number of nitrogens with zero attached hydrogens (tertiary/aromatic N) is 4. The van der Waals surface area contributed by atoms with Crippen LogP contribution in [0.2, 0.25) is 0 Å². The highest BCUT2D eigenvalue weighted by Crippen LogP contribution is 2.33. The molecule has 2 atom stereocenters. The Balaban J connectivity index is 1.63. The summed E-state index contributed by atoms with van der Waals surface area (Å²) in [6, 6.07) is 5.48. The lowest BCUT2D eigenvalue weighted by Crippen LogP contribution is -2.31. The van der Waals surface area contributed by atoms with Crippen molar-refractivity contribution in [1.29, 1.82) is 0 Å². The Morgan fingerprint density at radius 1 is 1.19 bits per heavy atom. The topological polar surface area (TPSA) is 88.3 Å². The molecule has 1 aliphatic carbocycles. The van der Waals surface area contributed by atoms with Gasteiger partial charge >= 0.3 is 5.97 Å². The molecule has 0 bridgehead atoms. The number of hydrogen-bond acceptors (Lipinski definition) is 4. The molecular weight excluding hydrogens is 332 g/mol. The van der Waals surface area contributed by atoms with E-state index in [9.17, 15) is 14.7 Å². The summed E-state index contributed by atoms with van der Waals surface area (Å²) in [6.45, 7) is 0.554. The molecule has 26 heavy (non-hydrogen) atoms. The quantitative estimate of drug-likeness (QED) is 0.905. The summed E-state index contributed by atoms with van der Waals surface area (Å²) in [6.07, 6.45) is 5.65. The molecule has 1 N–H and O–H groups in total. The van der Waals surface area contributed by atoms with Gasteiger partial charge in [-0.3, -0.25) is 19.3 Å². The van der Waals surface area contributed by atoms with Crippen LogP contribution in [0.15, 0.2) is 24.4 Å². The van der Waals surface area contributed by atoms with Crippen molar-refractivity contribution < 1.29 is 14.7 Å². The van der Waals surface area contributed by atoms with E-state index >= 15 is 0 Å². The Bertz CT molecular complexity index is 846. The van der Waals surface area contributed by atoms with Crippen LogP contribution in [0.1, 0.15) is 46.2 Å². The average molecular weight is 354 g/mol. The smallest absolute Gasteiger partial charge is 0.309 e. The first-order valence-electron chi connectivity index (χ1n) is 9.04. The van der Waals surface area contributed by atoms with E-state index in [1.807, 2.05) is 23.9 Å². The van der Waals surface area contributed by atoms with E-state index in [0.29, 0.717) is 12.2 Å². The molecule has 0 unspecified atom stereocenters. The first-order valence-corrected chi connectivity index (χ1v) is 9.04. The summed E-state index contributed by atoms with van der Waals surface area (Å²) in [4.78, 5) is 30.8. The van der Waals surface area contributed by atoms with Gasteiger partial charge in [-0.25, -0.2) is 0 Å². The third kappa shape index (κ3) is 2.77.